The van der Waals surface area contributed by atoms with Gasteiger partial charge in [-0.3, -0.25) is 14.2 Å². The monoisotopic (exact) mass is 390 g/mol. The second-order valence-electron chi connectivity index (χ2n) is 7.02. The first-order chi connectivity index (χ1) is 13.0. The van der Waals surface area contributed by atoms with Crippen molar-refractivity contribution in [2.75, 3.05) is 31.0 Å². The summed E-state index contributed by atoms with van der Waals surface area (Å²) in [5, 5.41) is 3.31. The molecule has 0 saturated carbocycles. The van der Waals surface area contributed by atoms with Crippen molar-refractivity contribution in [2.45, 2.75) is 29.8 Å². The quantitative estimate of drug-likeness (QED) is 0.867. The summed E-state index contributed by atoms with van der Waals surface area (Å²) in [6.45, 7) is 2.08. The number of hydrogen-bond donors (Lipinski definition) is 1. The largest absolute Gasteiger partial charge is 0.317 e. The Labute approximate surface area is 159 Å². The summed E-state index contributed by atoms with van der Waals surface area (Å²) in [5.41, 5.74) is 1.36. The highest BCUT2D eigenvalue weighted by Gasteiger charge is 2.41. The van der Waals surface area contributed by atoms with Gasteiger partial charge in [0.15, 0.2) is 0 Å². The SMILES string of the molecule is CNC1CCN(C2CN(S(=O)(=O)c3cccc(F)c3)c3cccnc32)CC1. The highest BCUT2D eigenvalue weighted by molar-refractivity contribution is 7.92. The zero-order chi connectivity index (χ0) is 19.0. The van der Waals surface area contributed by atoms with Gasteiger partial charge in [0.2, 0.25) is 0 Å². The van der Waals surface area contributed by atoms with Crippen molar-refractivity contribution in [3.8, 4) is 0 Å². The molecule has 0 spiro atoms. The van der Waals surface area contributed by atoms with Gasteiger partial charge in [0.05, 0.1) is 28.9 Å². The Hall–Kier alpha value is -2.03. The molecule has 3 heterocycles. The first kappa shape index (κ1) is 18.3. The van der Waals surface area contributed by atoms with Crippen LogP contribution in [0.3, 0.4) is 0 Å². The first-order valence-electron chi connectivity index (χ1n) is 9.15. The van der Waals surface area contributed by atoms with E-state index in [1.807, 2.05) is 7.05 Å². The number of benzene rings is 1. The first-order valence-corrected chi connectivity index (χ1v) is 10.6. The van der Waals surface area contributed by atoms with Crippen LogP contribution >= 0.6 is 0 Å². The van der Waals surface area contributed by atoms with Crippen molar-refractivity contribution < 1.29 is 12.8 Å². The van der Waals surface area contributed by atoms with Crippen LogP contribution in [0.5, 0.6) is 0 Å². The minimum atomic E-state index is -3.85. The maximum atomic E-state index is 13.6. The van der Waals surface area contributed by atoms with Crippen molar-refractivity contribution in [1.82, 2.24) is 15.2 Å². The van der Waals surface area contributed by atoms with Crippen molar-refractivity contribution in [2.24, 2.45) is 0 Å². The predicted molar refractivity (Wildman–Crippen MR) is 102 cm³/mol. The van der Waals surface area contributed by atoms with E-state index in [0.717, 1.165) is 37.7 Å². The van der Waals surface area contributed by atoms with E-state index < -0.39 is 15.8 Å². The smallest absolute Gasteiger partial charge is 0.264 e. The standard InChI is InChI=1S/C19H23FN4O2S/c1-21-15-7-10-23(11-8-15)18-13-24(17-6-3-9-22-19(17)18)27(25,26)16-5-2-4-14(20)12-16/h2-6,9,12,15,18,21H,7-8,10-11,13H2,1H3. The van der Waals surface area contributed by atoms with E-state index in [0.29, 0.717) is 18.3 Å². The average Bonchev–Trinajstić information content (AvgIpc) is 3.08. The Morgan fingerprint density at radius 3 is 2.67 bits per heavy atom. The van der Waals surface area contributed by atoms with Gasteiger partial charge in [0.1, 0.15) is 5.82 Å². The normalized spacial score (nSPS) is 21.4. The molecule has 1 aromatic heterocycles. The molecule has 2 aliphatic heterocycles. The van der Waals surface area contributed by atoms with E-state index in [9.17, 15) is 12.8 Å². The van der Waals surface area contributed by atoms with Crippen LogP contribution in [0.1, 0.15) is 24.6 Å². The predicted octanol–water partition coefficient (Wildman–Crippen LogP) is 2.15. The molecule has 0 bridgehead atoms. The Morgan fingerprint density at radius 1 is 1.19 bits per heavy atom. The number of piperidine rings is 1. The molecule has 0 amide bonds. The third-order valence-electron chi connectivity index (χ3n) is 5.50. The third kappa shape index (κ3) is 3.33. The van der Waals surface area contributed by atoms with Crippen LogP contribution in [0, 0.1) is 5.82 Å². The van der Waals surface area contributed by atoms with Crippen LogP contribution in [-0.2, 0) is 10.0 Å². The van der Waals surface area contributed by atoms with Gasteiger partial charge < -0.3 is 5.32 Å². The Morgan fingerprint density at radius 2 is 1.96 bits per heavy atom. The third-order valence-corrected chi connectivity index (χ3v) is 7.28. The number of nitrogens with zero attached hydrogens (tertiary/aromatic N) is 3. The Bertz CT molecular complexity index is 929. The summed E-state index contributed by atoms with van der Waals surface area (Å²) in [6.07, 6.45) is 3.74. The summed E-state index contributed by atoms with van der Waals surface area (Å²) in [6, 6.07) is 9.09. The zero-order valence-electron chi connectivity index (χ0n) is 15.2. The Balaban J connectivity index is 1.66. The average molecular weight is 390 g/mol. The van der Waals surface area contributed by atoms with Crippen LogP contribution < -0.4 is 9.62 Å². The zero-order valence-corrected chi connectivity index (χ0v) is 16.0. The molecular formula is C19H23FN4O2S. The number of hydrogen-bond acceptors (Lipinski definition) is 5. The molecule has 2 aliphatic rings. The summed E-state index contributed by atoms with van der Waals surface area (Å²) in [5.74, 6) is -0.563. The number of fused-ring (bicyclic) bond motifs is 1. The molecule has 6 nitrogen and oxygen atoms in total. The van der Waals surface area contributed by atoms with Crippen LogP contribution in [-0.4, -0.2) is 51.0 Å². The second-order valence-corrected chi connectivity index (χ2v) is 8.88. The van der Waals surface area contributed by atoms with E-state index in [4.69, 9.17) is 0 Å². The van der Waals surface area contributed by atoms with Gasteiger partial charge in [0, 0.05) is 25.3 Å². The maximum absolute atomic E-state index is 13.6. The summed E-state index contributed by atoms with van der Waals surface area (Å²) >= 11 is 0. The molecule has 27 heavy (non-hydrogen) atoms. The molecule has 1 atom stereocenters. The van der Waals surface area contributed by atoms with Gasteiger partial charge in [-0.15, -0.1) is 0 Å². The molecule has 8 heteroatoms. The van der Waals surface area contributed by atoms with Gasteiger partial charge in [-0.1, -0.05) is 6.07 Å². The minimum absolute atomic E-state index is 0.0353. The molecule has 2 aromatic rings. The molecule has 144 valence electrons. The highest BCUT2D eigenvalue weighted by atomic mass is 32.2. The van der Waals surface area contributed by atoms with Crippen LogP contribution in [0.15, 0.2) is 47.5 Å². The fourth-order valence-electron chi connectivity index (χ4n) is 3.99. The van der Waals surface area contributed by atoms with E-state index in [1.54, 1.807) is 18.3 Å². The number of sulfonamides is 1. The molecule has 0 radical (unpaired) electrons. The lowest BCUT2D eigenvalue weighted by Crippen LogP contribution is -2.44. The van der Waals surface area contributed by atoms with E-state index in [-0.39, 0.29) is 10.9 Å². The number of nitrogens with one attached hydrogen (secondary N) is 1. The van der Waals surface area contributed by atoms with E-state index in [1.165, 1.54) is 22.5 Å². The fourth-order valence-corrected chi connectivity index (χ4v) is 5.51. The van der Waals surface area contributed by atoms with Gasteiger partial charge in [0.25, 0.3) is 10.0 Å². The molecule has 1 aromatic carbocycles. The van der Waals surface area contributed by atoms with Crippen LogP contribution in [0.4, 0.5) is 10.1 Å². The summed E-state index contributed by atoms with van der Waals surface area (Å²) < 4.78 is 41.3. The second kappa shape index (κ2) is 7.18. The van der Waals surface area contributed by atoms with Crippen LogP contribution in [0.2, 0.25) is 0 Å². The number of aromatic nitrogens is 1. The van der Waals surface area contributed by atoms with Gasteiger partial charge in [-0.25, -0.2) is 12.8 Å². The number of pyridine rings is 1. The molecule has 1 fully saturated rings. The van der Waals surface area contributed by atoms with Gasteiger partial charge in [-0.2, -0.15) is 0 Å². The maximum Gasteiger partial charge on any atom is 0.264 e. The minimum Gasteiger partial charge on any atom is -0.317 e. The number of halogens is 1. The van der Waals surface area contributed by atoms with Crippen molar-refractivity contribution in [3.63, 3.8) is 0 Å². The molecular weight excluding hydrogens is 367 g/mol. The van der Waals surface area contributed by atoms with Crippen molar-refractivity contribution >= 4 is 15.7 Å². The topological polar surface area (TPSA) is 65.5 Å². The van der Waals surface area contributed by atoms with Crippen molar-refractivity contribution in [1.29, 1.82) is 0 Å². The fraction of sp³-hybridized carbons (Fsp3) is 0.421. The van der Waals surface area contributed by atoms with Gasteiger partial charge >= 0.3 is 0 Å². The number of likely N-dealkylation sites (tertiary alicyclic amines) is 1. The lowest BCUT2D eigenvalue weighted by Gasteiger charge is -2.35. The number of anilines is 1. The van der Waals surface area contributed by atoms with Crippen LogP contribution in [0.25, 0.3) is 0 Å². The lowest BCUT2D eigenvalue weighted by atomic mass is 10.0. The van der Waals surface area contributed by atoms with E-state index >= 15 is 0 Å². The molecule has 0 aliphatic carbocycles. The summed E-state index contributed by atoms with van der Waals surface area (Å²) in [7, 11) is -1.88. The molecule has 1 N–H and O–H groups in total. The molecule has 1 saturated heterocycles. The molecule has 1 unspecified atom stereocenters. The molecule has 4 rings (SSSR count). The van der Waals surface area contributed by atoms with Gasteiger partial charge in [-0.05, 0) is 50.2 Å². The van der Waals surface area contributed by atoms with Crippen molar-refractivity contribution in [3.05, 3.63) is 54.1 Å². The van der Waals surface area contributed by atoms with E-state index in [2.05, 4.69) is 15.2 Å². The lowest BCUT2D eigenvalue weighted by molar-refractivity contribution is 0.152. The highest BCUT2D eigenvalue weighted by Crippen LogP contribution is 2.40. The number of rotatable bonds is 4. The summed E-state index contributed by atoms with van der Waals surface area (Å²) in [4.78, 5) is 6.76. The Kier molecular flexibility index (Phi) is 4.88.